The number of nitrogens with one attached hydrogen (secondary N) is 1. The monoisotopic (exact) mass is 365 g/mol. The van der Waals surface area contributed by atoms with Gasteiger partial charge in [0.2, 0.25) is 0 Å². The first-order chi connectivity index (χ1) is 12.6. The standard InChI is InChI=1S/C21H16FNO2S/c22-17-8-6-16(7-9-17)21(25)23-18-10-12-19(13-11-18)26-14-20(24)15-4-2-1-3-5-15/h1-13H,14H2,(H,23,25). The third kappa shape index (κ3) is 4.80. The summed E-state index contributed by atoms with van der Waals surface area (Å²) in [6.07, 6.45) is 0. The number of carbonyl (C=O) groups is 2. The molecule has 26 heavy (non-hydrogen) atoms. The van der Waals surface area contributed by atoms with Crippen LogP contribution < -0.4 is 5.32 Å². The molecule has 130 valence electrons. The van der Waals surface area contributed by atoms with Crippen molar-refractivity contribution in [2.24, 2.45) is 0 Å². The van der Waals surface area contributed by atoms with Crippen molar-refractivity contribution in [3.63, 3.8) is 0 Å². The summed E-state index contributed by atoms with van der Waals surface area (Å²) in [5.74, 6) is -0.257. The van der Waals surface area contributed by atoms with E-state index in [1.54, 1.807) is 24.3 Å². The number of amides is 1. The highest BCUT2D eigenvalue weighted by Crippen LogP contribution is 2.22. The Labute approximate surface area is 155 Å². The van der Waals surface area contributed by atoms with E-state index in [2.05, 4.69) is 5.32 Å². The summed E-state index contributed by atoms with van der Waals surface area (Å²) in [7, 11) is 0. The van der Waals surface area contributed by atoms with Gasteiger partial charge in [0.1, 0.15) is 5.82 Å². The number of Topliss-reactive ketones (excluding diaryl/α,β-unsaturated/α-hetero) is 1. The second kappa shape index (κ2) is 8.45. The lowest BCUT2D eigenvalue weighted by Gasteiger charge is -2.07. The molecule has 0 aliphatic carbocycles. The molecular weight excluding hydrogens is 349 g/mol. The van der Waals surface area contributed by atoms with Crippen molar-refractivity contribution >= 4 is 29.1 Å². The van der Waals surface area contributed by atoms with Gasteiger partial charge in [-0.05, 0) is 48.5 Å². The normalized spacial score (nSPS) is 10.3. The molecule has 1 amide bonds. The van der Waals surface area contributed by atoms with Crippen LogP contribution in [-0.2, 0) is 0 Å². The Kier molecular flexibility index (Phi) is 5.81. The average molecular weight is 365 g/mol. The Balaban J connectivity index is 1.55. The first-order valence-electron chi connectivity index (χ1n) is 8.00. The minimum atomic E-state index is -0.382. The van der Waals surface area contributed by atoms with Crippen molar-refractivity contribution in [3.8, 4) is 0 Å². The molecule has 5 heteroatoms. The number of hydrogen-bond acceptors (Lipinski definition) is 3. The number of ketones is 1. The molecule has 3 aromatic rings. The lowest BCUT2D eigenvalue weighted by atomic mass is 10.2. The van der Waals surface area contributed by atoms with Crippen LogP contribution in [0.2, 0.25) is 0 Å². The Hall–Kier alpha value is -2.92. The van der Waals surface area contributed by atoms with Gasteiger partial charge in [0.15, 0.2) is 5.78 Å². The van der Waals surface area contributed by atoms with E-state index < -0.39 is 0 Å². The molecule has 0 saturated carbocycles. The lowest BCUT2D eigenvalue weighted by molar-refractivity contribution is 0.101. The van der Waals surface area contributed by atoms with Crippen LogP contribution in [0.25, 0.3) is 0 Å². The van der Waals surface area contributed by atoms with Gasteiger partial charge in [0, 0.05) is 21.7 Å². The predicted octanol–water partition coefficient (Wildman–Crippen LogP) is 5.05. The molecule has 0 bridgehead atoms. The van der Waals surface area contributed by atoms with Crippen molar-refractivity contribution in [2.75, 3.05) is 11.1 Å². The highest BCUT2D eigenvalue weighted by molar-refractivity contribution is 8.00. The van der Waals surface area contributed by atoms with Crippen LogP contribution in [0.3, 0.4) is 0 Å². The van der Waals surface area contributed by atoms with Gasteiger partial charge in [-0.15, -0.1) is 11.8 Å². The summed E-state index contributed by atoms with van der Waals surface area (Å²) >= 11 is 1.45. The molecular formula is C21H16FNO2S. The first kappa shape index (κ1) is 17.9. The highest BCUT2D eigenvalue weighted by Gasteiger charge is 2.08. The SMILES string of the molecule is O=C(CSc1ccc(NC(=O)c2ccc(F)cc2)cc1)c1ccccc1. The van der Waals surface area contributed by atoms with Gasteiger partial charge in [0.25, 0.3) is 5.91 Å². The molecule has 0 aliphatic heterocycles. The zero-order valence-corrected chi connectivity index (χ0v) is 14.6. The van der Waals surface area contributed by atoms with Gasteiger partial charge in [-0.3, -0.25) is 9.59 Å². The number of rotatable bonds is 6. The van der Waals surface area contributed by atoms with Crippen LogP contribution in [0.5, 0.6) is 0 Å². The van der Waals surface area contributed by atoms with Gasteiger partial charge in [0.05, 0.1) is 5.75 Å². The van der Waals surface area contributed by atoms with E-state index in [1.165, 1.54) is 36.0 Å². The van der Waals surface area contributed by atoms with Crippen molar-refractivity contribution < 1.29 is 14.0 Å². The van der Waals surface area contributed by atoms with Crippen LogP contribution in [0.15, 0.2) is 83.8 Å². The third-order valence-corrected chi connectivity index (χ3v) is 4.70. The van der Waals surface area contributed by atoms with Crippen LogP contribution >= 0.6 is 11.8 Å². The summed E-state index contributed by atoms with van der Waals surface area (Å²) in [4.78, 5) is 25.1. The lowest BCUT2D eigenvalue weighted by Crippen LogP contribution is -2.11. The van der Waals surface area contributed by atoms with Gasteiger partial charge in [-0.2, -0.15) is 0 Å². The molecule has 3 rings (SSSR count). The molecule has 0 fully saturated rings. The van der Waals surface area contributed by atoms with Crippen molar-refractivity contribution in [3.05, 3.63) is 95.8 Å². The smallest absolute Gasteiger partial charge is 0.255 e. The number of carbonyl (C=O) groups excluding carboxylic acids is 2. The summed E-state index contributed by atoms with van der Waals surface area (Å²) in [5.41, 5.74) is 1.72. The second-order valence-corrected chi connectivity index (χ2v) is 6.61. The van der Waals surface area contributed by atoms with E-state index in [0.717, 1.165) is 4.90 Å². The third-order valence-electron chi connectivity index (χ3n) is 3.68. The van der Waals surface area contributed by atoms with Gasteiger partial charge in [-0.1, -0.05) is 30.3 Å². The minimum absolute atomic E-state index is 0.0734. The van der Waals surface area contributed by atoms with Gasteiger partial charge < -0.3 is 5.32 Å². The van der Waals surface area contributed by atoms with Crippen molar-refractivity contribution in [1.29, 1.82) is 0 Å². The number of anilines is 1. The Morgan fingerprint density at radius 2 is 1.46 bits per heavy atom. The molecule has 3 aromatic carbocycles. The largest absolute Gasteiger partial charge is 0.322 e. The second-order valence-electron chi connectivity index (χ2n) is 5.56. The molecule has 1 N–H and O–H groups in total. The molecule has 0 radical (unpaired) electrons. The van der Waals surface area contributed by atoms with E-state index in [-0.39, 0.29) is 17.5 Å². The molecule has 0 spiro atoms. The quantitative estimate of drug-likeness (QED) is 0.491. The van der Waals surface area contributed by atoms with E-state index in [0.29, 0.717) is 22.6 Å². The molecule has 0 saturated heterocycles. The van der Waals surface area contributed by atoms with Crippen LogP contribution in [0, 0.1) is 5.82 Å². The number of hydrogen-bond donors (Lipinski definition) is 1. The van der Waals surface area contributed by atoms with E-state index in [4.69, 9.17) is 0 Å². The van der Waals surface area contributed by atoms with Crippen LogP contribution in [0.4, 0.5) is 10.1 Å². The molecule has 0 heterocycles. The number of thioether (sulfide) groups is 1. The van der Waals surface area contributed by atoms with E-state index in [9.17, 15) is 14.0 Å². The van der Waals surface area contributed by atoms with Crippen LogP contribution in [-0.4, -0.2) is 17.4 Å². The fourth-order valence-corrected chi connectivity index (χ4v) is 3.09. The number of halogens is 1. The zero-order chi connectivity index (χ0) is 18.4. The molecule has 0 unspecified atom stereocenters. The molecule has 0 atom stereocenters. The summed E-state index contributed by atoms with van der Waals surface area (Å²) in [6, 6.07) is 21.8. The molecule has 3 nitrogen and oxygen atoms in total. The fourth-order valence-electron chi connectivity index (χ4n) is 2.30. The Morgan fingerprint density at radius 1 is 0.808 bits per heavy atom. The maximum Gasteiger partial charge on any atom is 0.255 e. The topological polar surface area (TPSA) is 46.2 Å². The average Bonchev–Trinajstić information content (AvgIpc) is 2.68. The van der Waals surface area contributed by atoms with Crippen molar-refractivity contribution in [1.82, 2.24) is 0 Å². The minimum Gasteiger partial charge on any atom is -0.322 e. The maximum atomic E-state index is 12.9. The predicted molar refractivity (Wildman–Crippen MR) is 102 cm³/mol. The number of benzene rings is 3. The summed E-state index contributed by atoms with van der Waals surface area (Å²) in [5, 5.41) is 2.76. The highest BCUT2D eigenvalue weighted by atomic mass is 32.2. The van der Waals surface area contributed by atoms with Gasteiger partial charge >= 0.3 is 0 Å². The molecule has 0 aromatic heterocycles. The Bertz CT molecular complexity index is 894. The van der Waals surface area contributed by atoms with Crippen molar-refractivity contribution in [2.45, 2.75) is 4.90 Å². The molecule has 0 aliphatic rings. The zero-order valence-electron chi connectivity index (χ0n) is 13.8. The summed E-state index contributed by atoms with van der Waals surface area (Å²) in [6.45, 7) is 0. The maximum absolute atomic E-state index is 12.9. The fraction of sp³-hybridized carbons (Fsp3) is 0.0476. The first-order valence-corrected chi connectivity index (χ1v) is 8.98. The van der Waals surface area contributed by atoms with E-state index in [1.807, 2.05) is 30.3 Å². The Morgan fingerprint density at radius 3 is 2.12 bits per heavy atom. The van der Waals surface area contributed by atoms with Crippen LogP contribution in [0.1, 0.15) is 20.7 Å². The van der Waals surface area contributed by atoms with Gasteiger partial charge in [-0.25, -0.2) is 4.39 Å². The van der Waals surface area contributed by atoms with E-state index >= 15 is 0 Å². The summed E-state index contributed by atoms with van der Waals surface area (Å²) < 4.78 is 12.9.